The van der Waals surface area contributed by atoms with Crippen LogP contribution in [-0.2, 0) is 0 Å². The number of benzene rings is 1. The Hall–Kier alpha value is -2.12. The molecule has 2 aromatic rings. The number of amides is 1. The van der Waals surface area contributed by atoms with Crippen molar-refractivity contribution in [2.45, 2.75) is 32.2 Å². The molecule has 0 unspecified atom stereocenters. The third-order valence-electron chi connectivity index (χ3n) is 6.21. The zero-order valence-corrected chi connectivity index (χ0v) is 17.9. The summed E-state index contributed by atoms with van der Waals surface area (Å²) < 4.78 is 18.9. The highest BCUT2D eigenvalue weighted by Gasteiger charge is 2.43. The molecule has 2 fully saturated rings. The van der Waals surface area contributed by atoms with E-state index in [1.165, 1.54) is 26.0 Å². The molecule has 2 aliphatic rings. The summed E-state index contributed by atoms with van der Waals surface area (Å²) in [5.74, 6) is 0.458. The average molecular weight is 423 g/mol. The van der Waals surface area contributed by atoms with Crippen molar-refractivity contribution in [2.24, 2.45) is 5.92 Å². The summed E-state index contributed by atoms with van der Waals surface area (Å²) in [6.45, 7) is 7.83. The molecule has 1 aliphatic carbocycles. The van der Waals surface area contributed by atoms with Crippen molar-refractivity contribution in [3.63, 3.8) is 0 Å². The van der Waals surface area contributed by atoms with Gasteiger partial charge in [0.1, 0.15) is 5.69 Å². The minimum atomic E-state index is -0.453. The Labute approximate surface area is 176 Å². The maximum Gasteiger partial charge on any atom is 0.271 e. The van der Waals surface area contributed by atoms with Crippen LogP contribution in [0.1, 0.15) is 37.2 Å². The number of hydrogen-bond acceptors (Lipinski definition) is 4. The third-order valence-corrected chi connectivity index (χ3v) is 6.21. The van der Waals surface area contributed by atoms with Gasteiger partial charge in [-0.2, -0.15) is 5.10 Å². The van der Waals surface area contributed by atoms with E-state index in [2.05, 4.69) is 28.9 Å². The van der Waals surface area contributed by atoms with Gasteiger partial charge < -0.3 is 9.64 Å². The van der Waals surface area contributed by atoms with Gasteiger partial charge >= 0.3 is 0 Å². The minimum Gasteiger partial charge on any atom is -0.494 e. The van der Waals surface area contributed by atoms with Crippen LogP contribution in [0.3, 0.4) is 0 Å². The van der Waals surface area contributed by atoms with Crippen LogP contribution in [0.5, 0.6) is 5.75 Å². The molecule has 2 heterocycles. The number of nitrogens with one attached hydrogen (secondary N) is 1. The van der Waals surface area contributed by atoms with Crippen molar-refractivity contribution in [3.05, 3.63) is 35.8 Å². The van der Waals surface area contributed by atoms with Gasteiger partial charge in [-0.1, -0.05) is 0 Å². The van der Waals surface area contributed by atoms with Gasteiger partial charge in [-0.3, -0.25) is 14.8 Å². The number of methoxy groups -OCH3 is 1. The Morgan fingerprint density at radius 2 is 1.90 bits per heavy atom. The van der Waals surface area contributed by atoms with Crippen molar-refractivity contribution in [1.82, 2.24) is 20.0 Å². The number of halogens is 2. The van der Waals surface area contributed by atoms with Crippen LogP contribution >= 0.6 is 12.4 Å². The number of aromatic nitrogens is 2. The van der Waals surface area contributed by atoms with Gasteiger partial charge in [0.15, 0.2) is 11.6 Å². The van der Waals surface area contributed by atoms with Crippen molar-refractivity contribution in [2.75, 3.05) is 33.3 Å². The quantitative estimate of drug-likeness (QED) is 0.799. The third kappa shape index (κ3) is 4.26. The smallest absolute Gasteiger partial charge is 0.271 e. The van der Waals surface area contributed by atoms with Gasteiger partial charge in [-0.25, -0.2) is 4.39 Å². The normalized spacial score (nSPS) is 17.7. The highest BCUT2D eigenvalue weighted by atomic mass is 35.5. The van der Waals surface area contributed by atoms with Crippen molar-refractivity contribution in [1.29, 1.82) is 0 Å². The first-order chi connectivity index (χ1) is 13.4. The molecule has 1 aromatic carbocycles. The largest absolute Gasteiger partial charge is 0.494 e. The molecule has 4 rings (SSSR count). The second kappa shape index (κ2) is 8.32. The number of piperazine rings is 1. The SMILES string of the molecule is COc1ccc(-c2cc(C(=O)N3CCN(C(C)(C)C4CC4)CC3)[nH]n2)cc1F.Cl. The lowest BCUT2D eigenvalue weighted by Gasteiger charge is -2.44. The second-order valence-corrected chi connectivity index (χ2v) is 8.22. The van der Waals surface area contributed by atoms with E-state index in [0.717, 1.165) is 19.0 Å². The van der Waals surface area contributed by atoms with Crippen LogP contribution in [0.2, 0.25) is 0 Å². The van der Waals surface area contributed by atoms with Crippen LogP contribution in [-0.4, -0.2) is 64.7 Å². The molecule has 0 atom stereocenters. The molecular weight excluding hydrogens is 395 g/mol. The Balaban J connectivity index is 0.00000240. The predicted molar refractivity (Wildman–Crippen MR) is 112 cm³/mol. The van der Waals surface area contributed by atoms with E-state index < -0.39 is 5.82 Å². The number of ether oxygens (including phenoxy) is 1. The number of aromatic amines is 1. The van der Waals surface area contributed by atoms with Crippen LogP contribution in [0.4, 0.5) is 4.39 Å². The molecule has 0 bridgehead atoms. The van der Waals surface area contributed by atoms with Gasteiger partial charge in [-0.15, -0.1) is 12.4 Å². The van der Waals surface area contributed by atoms with E-state index in [1.54, 1.807) is 18.2 Å². The van der Waals surface area contributed by atoms with Crippen LogP contribution in [0, 0.1) is 11.7 Å². The van der Waals surface area contributed by atoms with Crippen LogP contribution in [0.15, 0.2) is 24.3 Å². The summed E-state index contributed by atoms with van der Waals surface area (Å²) in [6, 6.07) is 6.33. The molecular formula is C21H28ClFN4O2. The van der Waals surface area contributed by atoms with Crippen LogP contribution in [0.25, 0.3) is 11.3 Å². The summed E-state index contributed by atoms with van der Waals surface area (Å²) >= 11 is 0. The molecule has 0 spiro atoms. The highest BCUT2D eigenvalue weighted by Crippen LogP contribution is 2.43. The van der Waals surface area contributed by atoms with E-state index in [1.807, 2.05) is 4.90 Å². The number of carbonyl (C=O) groups is 1. The Kier molecular flexibility index (Phi) is 6.19. The van der Waals surface area contributed by atoms with Gasteiger partial charge in [-0.05, 0) is 56.9 Å². The first-order valence-electron chi connectivity index (χ1n) is 9.84. The fourth-order valence-corrected chi connectivity index (χ4v) is 4.11. The van der Waals surface area contributed by atoms with Gasteiger partial charge in [0.2, 0.25) is 0 Å². The van der Waals surface area contributed by atoms with Crippen molar-refractivity contribution >= 4 is 18.3 Å². The molecule has 1 N–H and O–H groups in total. The van der Waals surface area contributed by atoms with Crippen LogP contribution < -0.4 is 4.74 Å². The lowest BCUT2D eigenvalue weighted by Crippen LogP contribution is -2.56. The predicted octanol–water partition coefficient (Wildman–Crippen LogP) is 3.59. The molecule has 6 nitrogen and oxygen atoms in total. The first-order valence-corrected chi connectivity index (χ1v) is 9.84. The zero-order valence-electron chi connectivity index (χ0n) is 17.1. The Morgan fingerprint density at radius 1 is 1.21 bits per heavy atom. The molecule has 1 aromatic heterocycles. The highest BCUT2D eigenvalue weighted by molar-refractivity contribution is 5.93. The van der Waals surface area contributed by atoms with Crippen molar-refractivity contribution in [3.8, 4) is 17.0 Å². The van der Waals surface area contributed by atoms with E-state index >= 15 is 0 Å². The molecule has 0 radical (unpaired) electrons. The molecule has 1 amide bonds. The molecule has 1 saturated carbocycles. The number of rotatable bonds is 5. The van der Waals surface area contributed by atoms with Gasteiger partial charge in [0.25, 0.3) is 5.91 Å². The van der Waals surface area contributed by atoms with E-state index in [4.69, 9.17) is 4.74 Å². The fourth-order valence-electron chi connectivity index (χ4n) is 4.11. The zero-order chi connectivity index (χ0) is 19.9. The first kappa shape index (κ1) is 21.6. The molecule has 1 saturated heterocycles. The lowest BCUT2D eigenvalue weighted by atomic mass is 9.95. The summed E-state index contributed by atoms with van der Waals surface area (Å²) in [7, 11) is 1.43. The number of H-pyrrole nitrogens is 1. The molecule has 1 aliphatic heterocycles. The number of carbonyl (C=O) groups excluding carboxylic acids is 1. The summed E-state index contributed by atoms with van der Waals surface area (Å²) in [5, 5.41) is 7.00. The molecule has 158 valence electrons. The average Bonchev–Trinajstić information content (AvgIpc) is 3.46. The minimum absolute atomic E-state index is 0. The maximum absolute atomic E-state index is 13.9. The summed E-state index contributed by atoms with van der Waals surface area (Å²) in [6.07, 6.45) is 2.63. The summed E-state index contributed by atoms with van der Waals surface area (Å²) in [5.41, 5.74) is 1.79. The fraction of sp³-hybridized carbons (Fsp3) is 0.524. The van der Waals surface area contributed by atoms with Crippen molar-refractivity contribution < 1.29 is 13.9 Å². The summed E-state index contributed by atoms with van der Waals surface area (Å²) in [4.78, 5) is 17.2. The molecule has 8 heteroatoms. The Bertz CT molecular complexity index is 873. The van der Waals surface area contributed by atoms with E-state index in [0.29, 0.717) is 30.0 Å². The van der Waals surface area contributed by atoms with Gasteiger partial charge in [0, 0.05) is 37.3 Å². The molecule has 29 heavy (non-hydrogen) atoms. The number of nitrogens with zero attached hydrogens (tertiary/aromatic N) is 3. The monoisotopic (exact) mass is 422 g/mol. The van der Waals surface area contributed by atoms with Gasteiger partial charge in [0.05, 0.1) is 12.8 Å². The lowest BCUT2D eigenvalue weighted by molar-refractivity contribution is 0.0324. The topological polar surface area (TPSA) is 61.5 Å². The Morgan fingerprint density at radius 3 is 2.48 bits per heavy atom. The second-order valence-electron chi connectivity index (χ2n) is 8.22. The van der Waals surface area contributed by atoms with E-state index in [9.17, 15) is 9.18 Å². The van der Waals surface area contributed by atoms with E-state index in [-0.39, 0.29) is 29.6 Å². The number of hydrogen-bond donors (Lipinski definition) is 1. The standard InChI is InChI=1S/C21H27FN4O2.ClH/c1-21(2,15-5-6-15)26-10-8-25(9-11-26)20(27)18-13-17(23-24-18)14-4-7-19(28-3)16(22)12-14;/h4,7,12-13,15H,5-6,8-11H2,1-3H3,(H,23,24);1H. The maximum atomic E-state index is 13.9.